The van der Waals surface area contributed by atoms with Gasteiger partial charge in [-0.25, -0.2) is 14.4 Å². The van der Waals surface area contributed by atoms with E-state index in [1.54, 1.807) is 0 Å². The zero-order valence-corrected chi connectivity index (χ0v) is 22.2. The molecule has 10 nitrogen and oxygen atoms in total. The van der Waals surface area contributed by atoms with Gasteiger partial charge >= 0.3 is 10.3 Å². The molecule has 0 bridgehead atoms. The van der Waals surface area contributed by atoms with Gasteiger partial charge < -0.3 is 15.5 Å². The molecular weight excluding hydrogens is 570 g/mol. The average molecular weight is 591 g/mol. The van der Waals surface area contributed by atoms with Crippen molar-refractivity contribution in [3.63, 3.8) is 0 Å². The van der Waals surface area contributed by atoms with Crippen LogP contribution in [0.1, 0.15) is 45.3 Å². The first-order valence-electron chi connectivity index (χ1n) is 10.8. The van der Waals surface area contributed by atoms with Gasteiger partial charge in [0, 0.05) is 35.4 Å². The van der Waals surface area contributed by atoms with Crippen LogP contribution in [0.2, 0.25) is 9.36 Å². The summed E-state index contributed by atoms with van der Waals surface area (Å²) in [6.45, 7) is 0. The second kappa shape index (κ2) is 11.3. The van der Waals surface area contributed by atoms with Gasteiger partial charge in [0.25, 0.3) is 0 Å². The van der Waals surface area contributed by atoms with Crippen molar-refractivity contribution in [1.29, 1.82) is 0 Å². The van der Waals surface area contributed by atoms with E-state index in [9.17, 15) is 27.8 Å². The summed E-state index contributed by atoms with van der Waals surface area (Å²) in [7, 11) is -2.81. The number of carbonyl (C=O) groups excluding carboxylic acids is 1. The minimum absolute atomic E-state index is 0.0806. The summed E-state index contributed by atoms with van der Waals surface area (Å²) in [5.74, 6) is -1.04. The fourth-order valence-electron chi connectivity index (χ4n) is 3.92. The lowest BCUT2D eigenvalue weighted by Crippen LogP contribution is -2.31. The standard InChI is InChI=1S/C22H21Cl2FN4O6S2/c1-26-37(33,34)35-17-6-11(5-16(17)30)29-22-14(8-27-9-28-22)20(32)18-7-13(21(24)36-18)19(31)12-4-10(23)2-3-15(12)25/h2-4,7-9,11,16-17,19,26,30-31H,5-6H2,1H3,(H,27,28,29)/t11-,16+,17-,19+/m1/s1. The number of aromatic nitrogens is 2. The van der Waals surface area contributed by atoms with Crippen LogP contribution in [-0.4, -0.2) is 59.7 Å². The molecule has 4 rings (SSSR count). The summed E-state index contributed by atoms with van der Waals surface area (Å²) in [5.41, 5.74) is 0.123. The van der Waals surface area contributed by atoms with E-state index in [2.05, 4.69) is 15.3 Å². The minimum Gasteiger partial charge on any atom is -0.390 e. The molecule has 198 valence electrons. The van der Waals surface area contributed by atoms with Gasteiger partial charge in [0.2, 0.25) is 5.78 Å². The van der Waals surface area contributed by atoms with E-state index in [0.29, 0.717) is 0 Å². The van der Waals surface area contributed by atoms with Crippen molar-refractivity contribution in [3.8, 4) is 0 Å². The Balaban J connectivity index is 1.55. The molecule has 4 N–H and O–H groups in total. The van der Waals surface area contributed by atoms with E-state index in [0.717, 1.165) is 17.4 Å². The lowest BCUT2D eigenvalue weighted by Gasteiger charge is -2.15. The van der Waals surface area contributed by atoms with Crippen molar-refractivity contribution in [2.75, 3.05) is 12.4 Å². The van der Waals surface area contributed by atoms with Crippen LogP contribution in [0, 0.1) is 5.82 Å². The van der Waals surface area contributed by atoms with E-state index < -0.39 is 46.3 Å². The Bertz CT molecular complexity index is 1420. The van der Waals surface area contributed by atoms with E-state index >= 15 is 0 Å². The molecule has 0 spiro atoms. The first kappa shape index (κ1) is 27.8. The zero-order chi connectivity index (χ0) is 26.9. The Kier molecular flexibility index (Phi) is 8.45. The zero-order valence-electron chi connectivity index (χ0n) is 19.1. The Morgan fingerprint density at radius 2 is 2.03 bits per heavy atom. The number of hydrogen-bond acceptors (Lipinski definition) is 10. The monoisotopic (exact) mass is 590 g/mol. The maximum atomic E-state index is 14.3. The first-order chi connectivity index (χ1) is 17.5. The summed E-state index contributed by atoms with van der Waals surface area (Å²) in [5, 5.41) is 24.2. The molecule has 1 saturated carbocycles. The number of ketones is 1. The summed E-state index contributed by atoms with van der Waals surface area (Å²) < 4.78 is 44.7. The quantitative estimate of drug-likeness (QED) is 0.275. The fourth-order valence-corrected chi connectivity index (χ4v) is 6.01. The van der Waals surface area contributed by atoms with E-state index in [4.69, 9.17) is 27.4 Å². The van der Waals surface area contributed by atoms with Crippen LogP contribution in [0.25, 0.3) is 0 Å². The van der Waals surface area contributed by atoms with Crippen molar-refractivity contribution >= 4 is 56.4 Å². The molecule has 2 heterocycles. The van der Waals surface area contributed by atoms with Gasteiger partial charge in [-0.1, -0.05) is 23.2 Å². The van der Waals surface area contributed by atoms with Gasteiger partial charge in [-0.3, -0.25) is 8.98 Å². The molecule has 37 heavy (non-hydrogen) atoms. The third kappa shape index (κ3) is 6.26. The number of benzene rings is 1. The summed E-state index contributed by atoms with van der Waals surface area (Å²) in [6, 6.07) is 4.65. The molecular formula is C22H21Cl2FN4O6S2. The summed E-state index contributed by atoms with van der Waals surface area (Å²) in [4.78, 5) is 21.5. The summed E-state index contributed by atoms with van der Waals surface area (Å²) in [6.07, 6.45) is -0.707. The van der Waals surface area contributed by atoms with Crippen molar-refractivity contribution in [1.82, 2.24) is 14.7 Å². The topological polar surface area (TPSA) is 151 Å². The molecule has 0 aliphatic heterocycles. The van der Waals surface area contributed by atoms with Crippen molar-refractivity contribution in [2.24, 2.45) is 0 Å². The number of thiophene rings is 1. The normalized spacial score (nSPS) is 20.6. The molecule has 4 atom stereocenters. The maximum absolute atomic E-state index is 14.3. The molecule has 2 aromatic heterocycles. The number of rotatable bonds is 9. The number of anilines is 1. The highest BCUT2D eigenvalue weighted by Gasteiger charge is 2.37. The van der Waals surface area contributed by atoms with E-state index in [-0.39, 0.29) is 49.6 Å². The largest absolute Gasteiger partial charge is 0.390 e. The molecule has 1 aliphatic carbocycles. The molecule has 0 radical (unpaired) electrons. The van der Waals surface area contributed by atoms with Crippen LogP contribution in [0.3, 0.4) is 0 Å². The van der Waals surface area contributed by atoms with Crippen molar-refractivity contribution in [2.45, 2.75) is 37.2 Å². The molecule has 3 aromatic rings. The van der Waals surface area contributed by atoms with Gasteiger partial charge in [-0.05, 0) is 37.1 Å². The molecule has 1 fully saturated rings. The fraction of sp³-hybridized carbons (Fsp3) is 0.318. The molecule has 0 saturated heterocycles. The SMILES string of the molecule is CNS(=O)(=O)O[C@@H]1C[C@H](Nc2ncncc2C(=O)c2cc([C@@H](O)c3cc(Cl)ccc3F)c(Cl)s2)C[C@@H]1O. The van der Waals surface area contributed by atoms with Crippen LogP contribution in [0.15, 0.2) is 36.8 Å². The Morgan fingerprint density at radius 3 is 2.76 bits per heavy atom. The molecule has 0 amide bonds. The lowest BCUT2D eigenvalue weighted by molar-refractivity contribution is 0.0636. The average Bonchev–Trinajstić information content (AvgIpc) is 3.41. The highest BCUT2D eigenvalue weighted by molar-refractivity contribution is 7.84. The molecule has 0 unspecified atom stereocenters. The third-order valence-electron chi connectivity index (χ3n) is 5.75. The third-order valence-corrected chi connectivity index (χ3v) is 8.38. The predicted molar refractivity (Wildman–Crippen MR) is 136 cm³/mol. The van der Waals surface area contributed by atoms with Crippen LogP contribution in [0.4, 0.5) is 10.2 Å². The highest BCUT2D eigenvalue weighted by atomic mass is 35.5. The van der Waals surface area contributed by atoms with Crippen molar-refractivity contribution in [3.05, 3.63) is 73.5 Å². The number of hydrogen-bond donors (Lipinski definition) is 4. The van der Waals surface area contributed by atoms with E-state index in [1.165, 1.54) is 37.8 Å². The second-order valence-electron chi connectivity index (χ2n) is 8.20. The lowest BCUT2D eigenvalue weighted by atomic mass is 10.0. The van der Waals surface area contributed by atoms with Crippen LogP contribution < -0.4 is 10.0 Å². The number of halogens is 3. The number of nitrogens with one attached hydrogen (secondary N) is 2. The van der Waals surface area contributed by atoms with Gasteiger partial charge in [0.1, 0.15) is 30.2 Å². The van der Waals surface area contributed by atoms with Crippen molar-refractivity contribution < 1.29 is 32.0 Å². The summed E-state index contributed by atoms with van der Waals surface area (Å²) >= 11 is 13.1. The highest BCUT2D eigenvalue weighted by Crippen LogP contribution is 2.38. The minimum atomic E-state index is -4.00. The first-order valence-corrected chi connectivity index (χ1v) is 13.8. The number of carbonyl (C=O) groups is 1. The van der Waals surface area contributed by atoms with E-state index in [1.807, 2.05) is 4.72 Å². The Labute approximate surface area is 225 Å². The van der Waals surface area contributed by atoms with Gasteiger partial charge in [-0.2, -0.15) is 13.1 Å². The van der Waals surface area contributed by atoms with Crippen LogP contribution in [-0.2, 0) is 14.5 Å². The Morgan fingerprint density at radius 1 is 1.27 bits per heavy atom. The number of aliphatic hydroxyl groups is 2. The maximum Gasteiger partial charge on any atom is 0.335 e. The molecule has 15 heteroatoms. The van der Waals surface area contributed by atoms with Crippen LogP contribution in [0.5, 0.6) is 0 Å². The van der Waals surface area contributed by atoms with Crippen LogP contribution >= 0.6 is 34.5 Å². The van der Waals surface area contributed by atoms with Gasteiger partial charge in [0.15, 0.2) is 0 Å². The smallest absolute Gasteiger partial charge is 0.335 e. The van der Waals surface area contributed by atoms with Gasteiger partial charge in [-0.15, -0.1) is 11.3 Å². The second-order valence-corrected chi connectivity index (χ2v) is 11.8. The molecule has 1 aromatic carbocycles. The molecule has 1 aliphatic rings. The number of aliphatic hydroxyl groups excluding tert-OH is 2. The number of nitrogens with zero attached hydrogens (tertiary/aromatic N) is 2. The predicted octanol–water partition coefficient (Wildman–Crippen LogP) is 3.08. The van der Waals surface area contributed by atoms with Gasteiger partial charge in [0.05, 0.1) is 20.9 Å². The Hall–Kier alpha value is -2.23.